The van der Waals surface area contributed by atoms with E-state index in [9.17, 15) is 18.3 Å². The van der Waals surface area contributed by atoms with E-state index in [2.05, 4.69) is 10.6 Å². The fraction of sp³-hybridized carbons (Fsp3) is 0.259. The number of amidine groups is 1. The Morgan fingerprint density at radius 2 is 1.51 bits per heavy atom. The molecule has 0 heterocycles. The summed E-state index contributed by atoms with van der Waals surface area (Å²) in [4.78, 5) is 13.5. The van der Waals surface area contributed by atoms with Crippen molar-refractivity contribution >= 4 is 33.1 Å². The van der Waals surface area contributed by atoms with Gasteiger partial charge in [-0.25, -0.2) is 8.42 Å². The molecule has 9 nitrogen and oxygen atoms in total. The third-order valence-corrected chi connectivity index (χ3v) is 7.95. The van der Waals surface area contributed by atoms with Crippen LogP contribution in [0.25, 0.3) is 0 Å². The second-order valence-electron chi connectivity index (χ2n) is 8.86. The van der Waals surface area contributed by atoms with Gasteiger partial charge in [-0.05, 0) is 55.8 Å². The lowest BCUT2D eigenvalue weighted by Gasteiger charge is -2.33. The third kappa shape index (κ3) is 7.39. The van der Waals surface area contributed by atoms with E-state index < -0.39 is 33.3 Å². The first-order chi connectivity index (χ1) is 17.6. The molecule has 196 valence electrons. The summed E-state index contributed by atoms with van der Waals surface area (Å²) in [5.74, 6) is -0.580. The number of nitrogens with one attached hydrogen (secondary N) is 3. The van der Waals surface area contributed by atoms with Gasteiger partial charge in [-0.3, -0.25) is 10.2 Å². The van der Waals surface area contributed by atoms with E-state index in [1.165, 1.54) is 0 Å². The molecule has 3 aromatic carbocycles. The summed E-state index contributed by atoms with van der Waals surface area (Å²) in [6.07, 6.45) is -1.13. The maximum Gasteiger partial charge on any atom is 0.247 e. The SMILES string of the molecule is CC(C)S(=O)(=O)N(CC(O)CNc1ccc(C(=N)N)cc1)C(C(=O)Nc1ccccc1)c1ccccc1. The van der Waals surface area contributed by atoms with Gasteiger partial charge in [0.05, 0.1) is 11.4 Å². The Kier molecular flexibility index (Phi) is 9.40. The molecule has 0 aliphatic carbocycles. The van der Waals surface area contributed by atoms with Gasteiger partial charge in [0.25, 0.3) is 0 Å². The van der Waals surface area contributed by atoms with Gasteiger partial charge in [0, 0.05) is 30.0 Å². The van der Waals surface area contributed by atoms with Crippen molar-refractivity contribution in [1.29, 1.82) is 5.41 Å². The summed E-state index contributed by atoms with van der Waals surface area (Å²) in [5.41, 5.74) is 7.74. The predicted octanol–water partition coefficient (Wildman–Crippen LogP) is 3.16. The van der Waals surface area contributed by atoms with Crippen LogP contribution in [0.2, 0.25) is 0 Å². The van der Waals surface area contributed by atoms with Crippen molar-refractivity contribution in [2.75, 3.05) is 23.7 Å². The first-order valence-electron chi connectivity index (χ1n) is 11.9. The Balaban J connectivity index is 1.88. The molecule has 0 radical (unpaired) electrons. The van der Waals surface area contributed by atoms with Crippen LogP contribution >= 0.6 is 0 Å². The van der Waals surface area contributed by atoms with Gasteiger partial charge in [0.2, 0.25) is 15.9 Å². The van der Waals surface area contributed by atoms with Crippen LogP contribution in [0.1, 0.15) is 31.0 Å². The van der Waals surface area contributed by atoms with E-state index in [4.69, 9.17) is 11.1 Å². The van der Waals surface area contributed by atoms with E-state index in [0.29, 0.717) is 22.5 Å². The number of nitrogen functional groups attached to an aromatic ring is 1. The number of aliphatic hydroxyl groups is 1. The summed E-state index contributed by atoms with van der Waals surface area (Å²) in [6.45, 7) is 2.81. The van der Waals surface area contributed by atoms with Crippen LogP contribution in [0, 0.1) is 5.41 Å². The highest BCUT2D eigenvalue weighted by molar-refractivity contribution is 7.89. The van der Waals surface area contributed by atoms with E-state index in [1.807, 2.05) is 6.07 Å². The molecule has 0 fully saturated rings. The van der Waals surface area contributed by atoms with Crippen molar-refractivity contribution in [3.05, 3.63) is 96.1 Å². The highest BCUT2D eigenvalue weighted by atomic mass is 32.2. The van der Waals surface area contributed by atoms with Crippen LogP contribution in [-0.2, 0) is 14.8 Å². The summed E-state index contributed by atoms with van der Waals surface area (Å²) in [6, 6.07) is 23.0. The normalized spacial score (nSPS) is 13.2. The van der Waals surface area contributed by atoms with Crippen molar-refractivity contribution in [3.8, 4) is 0 Å². The molecule has 2 atom stereocenters. The minimum absolute atomic E-state index is 0.0331. The lowest BCUT2D eigenvalue weighted by Crippen LogP contribution is -2.48. The Hall–Kier alpha value is -3.73. The lowest BCUT2D eigenvalue weighted by molar-refractivity contribution is -0.120. The number of rotatable bonds is 12. The molecular formula is C27H33N5O4S. The Morgan fingerprint density at radius 3 is 2.05 bits per heavy atom. The van der Waals surface area contributed by atoms with E-state index in [0.717, 1.165) is 4.31 Å². The number of benzene rings is 3. The lowest BCUT2D eigenvalue weighted by atomic mass is 10.1. The Labute approximate surface area is 217 Å². The van der Waals surface area contributed by atoms with E-state index >= 15 is 0 Å². The number of carbonyl (C=O) groups excluding carboxylic acids is 1. The van der Waals surface area contributed by atoms with Crippen LogP contribution in [0.15, 0.2) is 84.9 Å². The average molecular weight is 524 g/mol. The monoisotopic (exact) mass is 523 g/mol. The fourth-order valence-corrected chi connectivity index (χ4v) is 5.15. The highest BCUT2D eigenvalue weighted by Gasteiger charge is 2.38. The van der Waals surface area contributed by atoms with Crippen LogP contribution in [-0.4, -0.2) is 54.0 Å². The Morgan fingerprint density at radius 1 is 0.946 bits per heavy atom. The minimum Gasteiger partial charge on any atom is -0.390 e. The molecule has 1 amide bonds. The van der Waals surface area contributed by atoms with Crippen molar-refractivity contribution in [2.45, 2.75) is 31.2 Å². The van der Waals surface area contributed by atoms with Gasteiger partial charge in [0.1, 0.15) is 11.9 Å². The number of hydrogen-bond donors (Lipinski definition) is 5. The number of sulfonamides is 1. The standard InChI is InChI=1S/C27H33N5O4S/c1-19(2)37(35,36)32(18-24(33)17-30-22-15-13-21(14-16-22)26(28)29)25(20-9-5-3-6-10-20)27(34)31-23-11-7-4-8-12-23/h3-16,19,24-25,30,33H,17-18H2,1-2H3,(H3,28,29)(H,31,34). The number of aliphatic hydroxyl groups excluding tert-OH is 1. The molecule has 0 aromatic heterocycles. The second kappa shape index (κ2) is 12.5. The molecule has 0 bridgehead atoms. The molecule has 0 saturated heterocycles. The van der Waals surface area contributed by atoms with Crippen LogP contribution < -0.4 is 16.4 Å². The third-order valence-electron chi connectivity index (χ3n) is 5.74. The van der Waals surface area contributed by atoms with Crippen molar-refractivity contribution < 1.29 is 18.3 Å². The summed E-state index contributed by atoms with van der Waals surface area (Å²) in [5, 5.41) is 23.4. The topological polar surface area (TPSA) is 149 Å². The molecule has 0 saturated carbocycles. The zero-order valence-corrected chi connectivity index (χ0v) is 21.7. The van der Waals surface area contributed by atoms with E-state index in [-0.39, 0.29) is 18.9 Å². The highest BCUT2D eigenvalue weighted by Crippen LogP contribution is 2.28. The fourth-order valence-electron chi connectivity index (χ4n) is 3.72. The van der Waals surface area contributed by atoms with Gasteiger partial charge < -0.3 is 21.5 Å². The quantitative estimate of drug-likeness (QED) is 0.182. The van der Waals surface area contributed by atoms with Gasteiger partial charge in [-0.15, -0.1) is 0 Å². The summed E-state index contributed by atoms with van der Waals surface area (Å²) < 4.78 is 28.1. The number of anilines is 2. The van der Waals surface area contributed by atoms with Gasteiger partial charge in [-0.2, -0.15) is 4.31 Å². The molecule has 2 unspecified atom stereocenters. The molecule has 0 aliphatic rings. The van der Waals surface area contributed by atoms with Crippen LogP contribution in [0.4, 0.5) is 11.4 Å². The molecule has 6 N–H and O–H groups in total. The molecule has 10 heteroatoms. The summed E-state index contributed by atoms with van der Waals surface area (Å²) >= 11 is 0. The Bertz CT molecular complexity index is 1280. The number of carbonyl (C=O) groups is 1. The largest absolute Gasteiger partial charge is 0.390 e. The first-order valence-corrected chi connectivity index (χ1v) is 13.4. The molecule has 0 spiro atoms. The number of hydrogen-bond acceptors (Lipinski definition) is 6. The van der Waals surface area contributed by atoms with Crippen LogP contribution in [0.3, 0.4) is 0 Å². The maximum absolute atomic E-state index is 13.5. The molecular weight excluding hydrogens is 490 g/mol. The van der Waals surface area contributed by atoms with Gasteiger partial charge in [-0.1, -0.05) is 48.5 Å². The molecule has 37 heavy (non-hydrogen) atoms. The average Bonchev–Trinajstić information content (AvgIpc) is 2.88. The molecule has 3 rings (SSSR count). The smallest absolute Gasteiger partial charge is 0.247 e. The van der Waals surface area contributed by atoms with Crippen molar-refractivity contribution in [2.24, 2.45) is 5.73 Å². The number of nitrogens with two attached hydrogens (primary N) is 1. The summed E-state index contributed by atoms with van der Waals surface area (Å²) in [7, 11) is -3.97. The van der Waals surface area contributed by atoms with E-state index in [1.54, 1.807) is 92.7 Å². The van der Waals surface area contributed by atoms with Crippen molar-refractivity contribution in [1.82, 2.24) is 4.31 Å². The maximum atomic E-state index is 13.5. The number of para-hydroxylation sites is 1. The number of nitrogens with zero attached hydrogens (tertiary/aromatic N) is 1. The number of amides is 1. The second-order valence-corrected chi connectivity index (χ2v) is 11.3. The van der Waals surface area contributed by atoms with Gasteiger partial charge >= 0.3 is 0 Å². The van der Waals surface area contributed by atoms with Crippen molar-refractivity contribution in [3.63, 3.8) is 0 Å². The zero-order valence-electron chi connectivity index (χ0n) is 20.8. The first kappa shape index (κ1) is 27.9. The molecule has 3 aromatic rings. The van der Waals surface area contributed by atoms with Crippen LogP contribution in [0.5, 0.6) is 0 Å². The minimum atomic E-state index is -3.97. The van der Waals surface area contributed by atoms with Gasteiger partial charge in [0.15, 0.2) is 0 Å². The predicted molar refractivity (Wildman–Crippen MR) is 147 cm³/mol. The molecule has 0 aliphatic heterocycles. The zero-order chi connectivity index (χ0) is 27.0.